The fraction of sp³-hybridized carbons (Fsp3) is 0.250. The van der Waals surface area contributed by atoms with Crippen molar-refractivity contribution in [3.8, 4) is 0 Å². The zero-order valence-electron chi connectivity index (χ0n) is 7.46. The number of aromatic nitrogens is 1. The first kappa shape index (κ1) is 12.2. The molecule has 0 saturated heterocycles. The molecule has 0 radical (unpaired) electrons. The molecule has 0 saturated carbocycles. The second-order valence-corrected chi connectivity index (χ2v) is 2.32. The van der Waals surface area contributed by atoms with Crippen LogP contribution in [0.15, 0.2) is 24.5 Å². The summed E-state index contributed by atoms with van der Waals surface area (Å²) in [6.07, 6.45) is 4.01. The lowest BCUT2D eigenvalue weighted by Crippen LogP contribution is -2.09. The van der Waals surface area contributed by atoms with Crippen LogP contribution in [0.3, 0.4) is 0 Å². The van der Waals surface area contributed by atoms with Crippen LogP contribution in [-0.2, 0) is 16.1 Å². The van der Waals surface area contributed by atoms with Gasteiger partial charge in [0, 0.05) is 25.5 Å². The van der Waals surface area contributed by atoms with Gasteiger partial charge in [-0.05, 0) is 12.1 Å². The zero-order valence-corrected chi connectivity index (χ0v) is 7.46. The highest BCUT2D eigenvalue weighted by molar-refractivity contribution is 6.27. The van der Waals surface area contributed by atoms with Crippen LogP contribution in [0.4, 0.5) is 0 Å². The molecule has 6 nitrogen and oxygen atoms in total. The van der Waals surface area contributed by atoms with Crippen molar-refractivity contribution in [2.24, 2.45) is 5.73 Å². The lowest BCUT2D eigenvalue weighted by Gasteiger charge is -1.95. The molecule has 1 heterocycles. The maximum atomic E-state index is 9.10. The topological polar surface area (TPSA) is 106 Å². The van der Waals surface area contributed by atoms with E-state index < -0.39 is 11.9 Å². The maximum Gasteiger partial charge on any atom is 0.414 e. The molecule has 6 heteroatoms. The summed E-state index contributed by atoms with van der Waals surface area (Å²) in [6.45, 7) is 1.64. The van der Waals surface area contributed by atoms with Gasteiger partial charge < -0.3 is 20.5 Å². The van der Waals surface area contributed by atoms with Crippen LogP contribution in [-0.4, -0.2) is 33.3 Å². The van der Waals surface area contributed by atoms with E-state index >= 15 is 0 Å². The van der Waals surface area contributed by atoms with E-state index in [9.17, 15) is 0 Å². The summed E-state index contributed by atoms with van der Waals surface area (Å²) in [5.74, 6) is -3.65. The Morgan fingerprint density at radius 3 is 1.86 bits per heavy atom. The number of nitrogens with two attached hydrogens (primary N) is 1. The molecule has 0 spiro atoms. The van der Waals surface area contributed by atoms with Crippen molar-refractivity contribution >= 4 is 11.9 Å². The SMILES string of the molecule is NCCn1cccc1.O=C(O)C(=O)O. The number of carboxylic acid groups (broad SMARTS) is 2. The zero-order chi connectivity index (χ0) is 11.0. The highest BCUT2D eigenvalue weighted by Gasteiger charge is 2.04. The largest absolute Gasteiger partial charge is 0.473 e. The molecule has 0 aliphatic rings. The molecule has 0 fully saturated rings. The molecule has 78 valence electrons. The summed E-state index contributed by atoms with van der Waals surface area (Å²) in [5, 5.41) is 14.8. The summed E-state index contributed by atoms with van der Waals surface area (Å²) >= 11 is 0. The fourth-order valence-electron chi connectivity index (χ4n) is 0.668. The van der Waals surface area contributed by atoms with Crippen molar-refractivity contribution in [2.45, 2.75) is 6.54 Å². The van der Waals surface area contributed by atoms with E-state index in [4.69, 9.17) is 25.5 Å². The van der Waals surface area contributed by atoms with Gasteiger partial charge >= 0.3 is 11.9 Å². The first-order valence-electron chi connectivity index (χ1n) is 3.85. The van der Waals surface area contributed by atoms with Gasteiger partial charge in [-0.2, -0.15) is 0 Å². The second-order valence-electron chi connectivity index (χ2n) is 2.32. The third kappa shape index (κ3) is 5.78. The minimum atomic E-state index is -1.82. The number of carbonyl (C=O) groups is 2. The number of hydrogen-bond donors (Lipinski definition) is 3. The molecule has 0 bridgehead atoms. The fourth-order valence-corrected chi connectivity index (χ4v) is 0.668. The van der Waals surface area contributed by atoms with Crippen LogP contribution in [0.1, 0.15) is 0 Å². The number of hydrogen-bond acceptors (Lipinski definition) is 3. The molecule has 1 aromatic rings. The van der Waals surface area contributed by atoms with Crippen LogP contribution in [0.2, 0.25) is 0 Å². The smallest absolute Gasteiger partial charge is 0.414 e. The standard InChI is InChI=1S/C6H10N2.C2H2O4/c7-3-6-8-4-1-2-5-8;3-1(4)2(5)6/h1-2,4-5H,3,6-7H2;(H,3,4)(H,5,6). The van der Waals surface area contributed by atoms with Crippen LogP contribution in [0, 0.1) is 0 Å². The molecule has 0 amide bonds. The Bertz CT molecular complexity index is 270. The first-order valence-corrected chi connectivity index (χ1v) is 3.85. The normalized spacial score (nSPS) is 8.64. The molecule has 14 heavy (non-hydrogen) atoms. The van der Waals surface area contributed by atoms with Gasteiger partial charge in [-0.1, -0.05) is 0 Å². The lowest BCUT2D eigenvalue weighted by molar-refractivity contribution is -0.159. The minimum absolute atomic E-state index is 0.717. The van der Waals surface area contributed by atoms with Gasteiger partial charge in [0.05, 0.1) is 0 Å². The van der Waals surface area contributed by atoms with E-state index in [0.29, 0.717) is 6.54 Å². The Hall–Kier alpha value is -1.82. The second kappa shape index (κ2) is 6.67. The number of nitrogens with zero attached hydrogens (tertiary/aromatic N) is 1. The summed E-state index contributed by atoms with van der Waals surface area (Å²) in [5.41, 5.74) is 5.30. The van der Waals surface area contributed by atoms with Crippen molar-refractivity contribution in [3.05, 3.63) is 24.5 Å². The van der Waals surface area contributed by atoms with Gasteiger partial charge in [-0.25, -0.2) is 9.59 Å². The Balaban J connectivity index is 0.000000255. The highest BCUT2D eigenvalue weighted by Crippen LogP contribution is 1.86. The van der Waals surface area contributed by atoms with Crippen molar-refractivity contribution in [3.63, 3.8) is 0 Å². The van der Waals surface area contributed by atoms with Crippen molar-refractivity contribution in [2.75, 3.05) is 6.54 Å². The van der Waals surface area contributed by atoms with Gasteiger partial charge in [0.2, 0.25) is 0 Å². The van der Waals surface area contributed by atoms with E-state index in [1.807, 2.05) is 24.5 Å². The molecule has 4 N–H and O–H groups in total. The summed E-state index contributed by atoms with van der Waals surface area (Å²) in [6, 6.07) is 3.99. The summed E-state index contributed by atoms with van der Waals surface area (Å²) in [4.78, 5) is 18.2. The van der Waals surface area contributed by atoms with Gasteiger partial charge in [0.1, 0.15) is 0 Å². The van der Waals surface area contributed by atoms with Crippen molar-refractivity contribution < 1.29 is 19.8 Å². The Morgan fingerprint density at radius 1 is 1.14 bits per heavy atom. The maximum absolute atomic E-state index is 9.10. The number of carboxylic acids is 2. The quantitative estimate of drug-likeness (QED) is 0.563. The average Bonchev–Trinajstić information content (AvgIpc) is 2.58. The predicted octanol–water partition coefficient (Wildman–Crippen LogP) is -0.398. The Kier molecular flexibility index (Phi) is 5.80. The molecule has 1 aromatic heterocycles. The van der Waals surface area contributed by atoms with E-state index in [2.05, 4.69) is 4.57 Å². The number of rotatable bonds is 2. The van der Waals surface area contributed by atoms with Crippen LogP contribution in [0.25, 0.3) is 0 Å². The van der Waals surface area contributed by atoms with Crippen molar-refractivity contribution in [1.82, 2.24) is 4.57 Å². The van der Waals surface area contributed by atoms with Crippen LogP contribution in [0.5, 0.6) is 0 Å². The molecular weight excluding hydrogens is 188 g/mol. The van der Waals surface area contributed by atoms with Gasteiger partial charge in [-0.3, -0.25) is 0 Å². The molecule has 0 atom stereocenters. The molecule has 0 aliphatic heterocycles. The Morgan fingerprint density at radius 2 is 1.57 bits per heavy atom. The predicted molar refractivity (Wildman–Crippen MR) is 48.8 cm³/mol. The molecule has 1 rings (SSSR count). The molecule has 0 unspecified atom stereocenters. The van der Waals surface area contributed by atoms with E-state index in [-0.39, 0.29) is 0 Å². The average molecular weight is 200 g/mol. The minimum Gasteiger partial charge on any atom is -0.473 e. The first-order chi connectivity index (χ1) is 6.57. The van der Waals surface area contributed by atoms with E-state index in [1.54, 1.807) is 0 Å². The van der Waals surface area contributed by atoms with Gasteiger partial charge in [0.15, 0.2) is 0 Å². The third-order valence-electron chi connectivity index (χ3n) is 1.24. The lowest BCUT2D eigenvalue weighted by atomic mass is 10.6. The molecule has 0 aromatic carbocycles. The van der Waals surface area contributed by atoms with Crippen LogP contribution < -0.4 is 5.73 Å². The third-order valence-corrected chi connectivity index (χ3v) is 1.24. The molecular formula is C8H12N2O4. The van der Waals surface area contributed by atoms with Crippen LogP contribution >= 0.6 is 0 Å². The van der Waals surface area contributed by atoms with Crippen molar-refractivity contribution in [1.29, 1.82) is 0 Å². The summed E-state index contributed by atoms with van der Waals surface area (Å²) in [7, 11) is 0. The van der Waals surface area contributed by atoms with Gasteiger partial charge in [-0.15, -0.1) is 0 Å². The summed E-state index contributed by atoms with van der Waals surface area (Å²) < 4.78 is 2.06. The monoisotopic (exact) mass is 200 g/mol. The Labute approximate surface area is 80.6 Å². The number of aliphatic carboxylic acids is 2. The van der Waals surface area contributed by atoms with Gasteiger partial charge in [0.25, 0.3) is 0 Å². The van der Waals surface area contributed by atoms with E-state index in [0.717, 1.165) is 6.54 Å². The molecule has 0 aliphatic carbocycles. The van der Waals surface area contributed by atoms with E-state index in [1.165, 1.54) is 0 Å². The highest BCUT2D eigenvalue weighted by atomic mass is 16.4.